The molecular weight excluding hydrogens is 528 g/mol. The largest absolute Gasteiger partial charge is 0.296 e. The molecule has 0 N–H and O–H groups in total. The van der Waals surface area contributed by atoms with Crippen LogP contribution < -0.4 is 15.7 Å². The maximum absolute atomic E-state index is 13.4. The van der Waals surface area contributed by atoms with Crippen molar-refractivity contribution in [1.82, 2.24) is 24.4 Å². The summed E-state index contributed by atoms with van der Waals surface area (Å²) in [4.78, 5) is 41.3. The van der Waals surface area contributed by atoms with Crippen LogP contribution in [0.5, 0.6) is 0 Å². The molecule has 196 valence electrons. The van der Waals surface area contributed by atoms with Crippen LogP contribution in [0.2, 0.25) is 0 Å². The normalized spacial score (nSPS) is 11.8. The maximum atomic E-state index is 13.4. The molecule has 0 radical (unpaired) electrons. The smallest absolute Gasteiger partial charge is 0.266 e. The summed E-state index contributed by atoms with van der Waals surface area (Å²) in [7, 11) is 0. The molecule has 0 aliphatic rings. The molecule has 10 nitrogen and oxygen atoms in total. The number of nitro benzene ring substituents is 1. The molecular formula is C29H20N6O4S. The first-order chi connectivity index (χ1) is 19.4. The highest BCUT2D eigenvalue weighted by Crippen LogP contribution is 2.27. The first kappa shape index (κ1) is 25.0. The van der Waals surface area contributed by atoms with Gasteiger partial charge in [-0.3, -0.25) is 19.7 Å². The molecule has 0 unspecified atom stereocenters. The Labute approximate surface area is 230 Å². The van der Waals surface area contributed by atoms with Crippen molar-refractivity contribution in [1.29, 1.82) is 0 Å². The minimum atomic E-state index is -0.484. The number of thiazole rings is 1. The number of rotatable bonds is 6. The van der Waals surface area contributed by atoms with Gasteiger partial charge in [-0.05, 0) is 30.7 Å². The second kappa shape index (κ2) is 10.1. The molecule has 0 bridgehead atoms. The van der Waals surface area contributed by atoms with Crippen LogP contribution in [0, 0.1) is 17.0 Å². The van der Waals surface area contributed by atoms with Gasteiger partial charge in [0.2, 0.25) is 4.96 Å². The van der Waals surface area contributed by atoms with E-state index in [9.17, 15) is 19.7 Å². The Kier molecular flexibility index (Phi) is 6.33. The van der Waals surface area contributed by atoms with Crippen molar-refractivity contribution in [3.63, 3.8) is 0 Å². The molecule has 3 aromatic heterocycles. The highest BCUT2D eigenvalue weighted by Gasteiger charge is 2.16. The first-order valence-corrected chi connectivity index (χ1v) is 13.1. The van der Waals surface area contributed by atoms with Gasteiger partial charge in [-0.25, -0.2) is 4.68 Å². The summed E-state index contributed by atoms with van der Waals surface area (Å²) in [5.74, 6) is 0. The Balaban J connectivity index is 1.49. The fourth-order valence-electron chi connectivity index (χ4n) is 4.29. The predicted octanol–water partition coefficient (Wildman–Crippen LogP) is 3.72. The fraction of sp³-hybridized carbons (Fsp3) is 0.0690. The number of aryl methyl sites for hydroxylation is 1. The van der Waals surface area contributed by atoms with E-state index >= 15 is 0 Å². The number of nitrogens with zero attached hydrogens (tertiary/aromatic N) is 6. The van der Waals surface area contributed by atoms with Crippen LogP contribution in [-0.4, -0.2) is 29.3 Å². The van der Waals surface area contributed by atoms with Crippen LogP contribution in [0.3, 0.4) is 0 Å². The Morgan fingerprint density at radius 2 is 1.75 bits per heavy atom. The van der Waals surface area contributed by atoms with Gasteiger partial charge < -0.3 is 0 Å². The van der Waals surface area contributed by atoms with Crippen LogP contribution in [0.1, 0.15) is 22.4 Å². The SMILES string of the molecule is Cc1ccc(Cc2nn3c(=O)/c(=C/c4cn(-c5ccccc5)nc4-c4cccc([N+](=O)[O-])c4)sc3nc2=O)cc1. The summed E-state index contributed by atoms with van der Waals surface area (Å²) in [6.45, 7) is 1.98. The average molecular weight is 549 g/mol. The lowest BCUT2D eigenvalue weighted by Crippen LogP contribution is -2.28. The van der Waals surface area contributed by atoms with Crippen molar-refractivity contribution >= 4 is 28.1 Å². The standard InChI is InChI=1S/C29H20N6O4S/c1-18-10-12-19(13-11-18)14-24-27(36)30-29-34(31-24)28(37)25(40-29)16-21-17-33(22-7-3-2-4-8-22)32-26(21)20-6-5-9-23(15-20)35(38)39/h2-13,15-17H,14H2,1H3/b25-16-. The van der Waals surface area contributed by atoms with E-state index in [0.717, 1.165) is 32.7 Å². The molecule has 6 rings (SSSR count). The zero-order chi connectivity index (χ0) is 27.8. The lowest BCUT2D eigenvalue weighted by Gasteiger charge is -2.01. The van der Waals surface area contributed by atoms with Crippen molar-refractivity contribution in [3.05, 3.63) is 143 Å². The van der Waals surface area contributed by atoms with E-state index in [0.29, 0.717) is 21.4 Å². The zero-order valence-electron chi connectivity index (χ0n) is 21.1. The van der Waals surface area contributed by atoms with E-state index in [2.05, 4.69) is 15.2 Å². The van der Waals surface area contributed by atoms with Crippen LogP contribution in [0.25, 0.3) is 28.0 Å². The van der Waals surface area contributed by atoms with Gasteiger partial charge in [-0.1, -0.05) is 71.5 Å². The molecule has 0 aliphatic heterocycles. The summed E-state index contributed by atoms with van der Waals surface area (Å²) in [6, 6.07) is 23.3. The Morgan fingerprint density at radius 1 is 0.975 bits per heavy atom. The molecule has 11 heteroatoms. The molecule has 0 amide bonds. The molecule has 3 aromatic carbocycles. The van der Waals surface area contributed by atoms with E-state index in [-0.39, 0.29) is 22.8 Å². The topological polar surface area (TPSA) is 125 Å². The van der Waals surface area contributed by atoms with Gasteiger partial charge in [0.05, 0.1) is 15.1 Å². The van der Waals surface area contributed by atoms with Crippen molar-refractivity contribution in [2.75, 3.05) is 0 Å². The van der Waals surface area contributed by atoms with Gasteiger partial charge in [0.15, 0.2) is 0 Å². The second-order valence-electron chi connectivity index (χ2n) is 9.16. The molecule has 3 heterocycles. The van der Waals surface area contributed by atoms with Gasteiger partial charge in [-0.2, -0.15) is 19.7 Å². The van der Waals surface area contributed by atoms with E-state index < -0.39 is 16.0 Å². The number of hydrogen-bond acceptors (Lipinski definition) is 8. The molecule has 0 aliphatic carbocycles. The maximum Gasteiger partial charge on any atom is 0.296 e. The number of hydrogen-bond donors (Lipinski definition) is 0. The van der Waals surface area contributed by atoms with E-state index in [1.165, 1.54) is 12.1 Å². The lowest BCUT2D eigenvalue weighted by molar-refractivity contribution is -0.384. The predicted molar refractivity (Wildman–Crippen MR) is 152 cm³/mol. The van der Waals surface area contributed by atoms with Crippen molar-refractivity contribution in [3.8, 4) is 16.9 Å². The van der Waals surface area contributed by atoms with Crippen LogP contribution in [0.4, 0.5) is 5.69 Å². The Bertz CT molecular complexity index is 2060. The number of nitro groups is 1. The highest BCUT2D eigenvalue weighted by atomic mass is 32.1. The molecule has 40 heavy (non-hydrogen) atoms. The first-order valence-electron chi connectivity index (χ1n) is 12.3. The van der Waals surface area contributed by atoms with E-state index in [1.807, 2.05) is 61.5 Å². The summed E-state index contributed by atoms with van der Waals surface area (Å²) in [6.07, 6.45) is 3.65. The van der Waals surface area contributed by atoms with Crippen LogP contribution in [-0.2, 0) is 6.42 Å². The number of benzene rings is 3. The molecule has 0 spiro atoms. The third-order valence-electron chi connectivity index (χ3n) is 6.32. The average Bonchev–Trinajstić information content (AvgIpc) is 3.51. The summed E-state index contributed by atoms with van der Waals surface area (Å²) in [5.41, 5.74) is 3.52. The van der Waals surface area contributed by atoms with Gasteiger partial charge in [0.25, 0.3) is 16.8 Å². The summed E-state index contributed by atoms with van der Waals surface area (Å²) < 4.78 is 3.10. The fourth-order valence-corrected chi connectivity index (χ4v) is 5.18. The zero-order valence-corrected chi connectivity index (χ0v) is 21.9. The number of non-ortho nitro benzene ring substituents is 1. The molecule has 0 saturated heterocycles. The van der Waals surface area contributed by atoms with Gasteiger partial charge in [0.1, 0.15) is 11.4 Å². The molecule has 0 atom stereocenters. The van der Waals surface area contributed by atoms with Gasteiger partial charge in [-0.15, -0.1) is 0 Å². The minimum absolute atomic E-state index is 0.0721. The van der Waals surface area contributed by atoms with Crippen molar-refractivity contribution in [2.45, 2.75) is 13.3 Å². The quantitative estimate of drug-likeness (QED) is 0.229. The monoisotopic (exact) mass is 548 g/mol. The van der Waals surface area contributed by atoms with Crippen molar-refractivity contribution in [2.24, 2.45) is 0 Å². The minimum Gasteiger partial charge on any atom is -0.266 e. The third kappa shape index (κ3) is 4.81. The highest BCUT2D eigenvalue weighted by molar-refractivity contribution is 7.15. The van der Waals surface area contributed by atoms with Crippen molar-refractivity contribution < 1.29 is 4.92 Å². The third-order valence-corrected chi connectivity index (χ3v) is 7.28. The molecule has 0 saturated carbocycles. The number of para-hydroxylation sites is 1. The van der Waals surface area contributed by atoms with Gasteiger partial charge in [0, 0.05) is 35.9 Å². The van der Waals surface area contributed by atoms with Gasteiger partial charge >= 0.3 is 0 Å². The Hall–Kier alpha value is -5.29. The Morgan fingerprint density at radius 3 is 2.50 bits per heavy atom. The summed E-state index contributed by atoms with van der Waals surface area (Å²) >= 11 is 1.04. The van der Waals surface area contributed by atoms with Crippen LogP contribution in [0.15, 0.2) is 94.6 Å². The number of fused-ring (bicyclic) bond motifs is 1. The summed E-state index contributed by atoms with van der Waals surface area (Å²) in [5, 5.41) is 20.4. The lowest BCUT2D eigenvalue weighted by atomic mass is 10.1. The van der Waals surface area contributed by atoms with E-state index in [4.69, 9.17) is 0 Å². The molecule has 6 aromatic rings. The van der Waals surface area contributed by atoms with Crippen LogP contribution >= 0.6 is 11.3 Å². The second-order valence-corrected chi connectivity index (χ2v) is 10.2. The van der Waals surface area contributed by atoms with E-state index in [1.54, 1.807) is 29.1 Å². The number of aromatic nitrogens is 5. The molecule has 0 fully saturated rings.